The van der Waals surface area contributed by atoms with Gasteiger partial charge in [0.05, 0.1) is 0 Å². The molecule has 0 unspecified atom stereocenters. The Morgan fingerprint density at radius 1 is 1.19 bits per heavy atom. The zero-order valence-corrected chi connectivity index (χ0v) is 9.22. The number of halogens is 3. The molecule has 1 aromatic rings. The molecule has 0 fully saturated rings. The molecular weight excluding hydrogens is 215 g/mol. The number of aryl methyl sites for hydroxylation is 1. The second-order valence-electron chi connectivity index (χ2n) is 3.86. The first-order chi connectivity index (χ1) is 7.45. The predicted octanol–water partition coefficient (Wildman–Crippen LogP) is 3.59. The van der Waals surface area contributed by atoms with Gasteiger partial charge in [-0.25, -0.2) is 0 Å². The van der Waals surface area contributed by atoms with Crippen molar-refractivity contribution in [3.05, 3.63) is 35.4 Å². The third kappa shape index (κ3) is 3.52. The summed E-state index contributed by atoms with van der Waals surface area (Å²) in [6.07, 6.45) is -1.35. The number of benzene rings is 1. The second-order valence-corrected chi connectivity index (χ2v) is 3.86. The summed E-state index contributed by atoms with van der Waals surface area (Å²) in [5, 5.41) is 0. The van der Waals surface area contributed by atoms with Crippen molar-refractivity contribution in [3.63, 3.8) is 0 Å². The van der Waals surface area contributed by atoms with Gasteiger partial charge in [0, 0.05) is 0 Å². The van der Waals surface area contributed by atoms with Crippen LogP contribution in [0.5, 0.6) is 0 Å². The molecule has 4 heteroatoms. The summed E-state index contributed by atoms with van der Waals surface area (Å²) in [7, 11) is 0. The normalized spacial score (nSPS) is 13.8. The van der Waals surface area contributed by atoms with E-state index in [1.54, 1.807) is 12.1 Å². The Bertz CT molecular complexity index is 316. The van der Waals surface area contributed by atoms with Gasteiger partial charge in [0.15, 0.2) is 0 Å². The lowest BCUT2D eigenvalue weighted by Crippen LogP contribution is -2.28. The third-order valence-electron chi connectivity index (χ3n) is 2.51. The molecule has 0 radical (unpaired) electrons. The van der Waals surface area contributed by atoms with Crippen LogP contribution in [0, 0.1) is 0 Å². The van der Waals surface area contributed by atoms with E-state index in [1.807, 2.05) is 0 Å². The van der Waals surface area contributed by atoms with Crippen molar-refractivity contribution in [2.24, 2.45) is 5.73 Å². The fraction of sp³-hybridized carbons (Fsp3) is 0.500. The van der Waals surface area contributed by atoms with E-state index in [9.17, 15) is 13.2 Å². The molecule has 1 rings (SSSR count). The van der Waals surface area contributed by atoms with E-state index in [-0.39, 0.29) is 5.56 Å². The molecule has 0 bridgehead atoms. The molecule has 0 aliphatic heterocycles. The molecule has 0 saturated carbocycles. The van der Waals surface area contributed by atoms with Gasteiger partial charge in [-0.1, -0.05) is 37.6 Å². The number of unbranched alkanes of at least 4 members (excludes halogenated alkanes) is 1. The highest BCUT2D eigenvalue weighted by molar-refractivity contribution is 5.25. The van der Waals surface area contributed by atoms with Crippen molar-refractivity contribution in [2.45, 2.75) is 38.4 Å². The van der Waals surface area contributed by atoms with Gasteiger partial charge in [-0.3, -0.25) is 0 Å². The molecule has 16 heavy (non-hydrogen) atoms. The number of alkyl halides is 3. The third-order valence-corrected chi connectivity index (χ3v) is 2.51. The lowest BCUT2D eigenvalue weighted by molar-refractivity contribution is -0.149. The van der Waals surface area contributed by atoms with Crippen LogP contribution in [0.25, 0.3) is 0 Å². The molecule has 0 amide bonds. The maximum Gasteiger partial charge on any atom is 0.407 e. The van der Waals surface area contributed by atoms with E-state index in [1.165, 1.54) is 12.1 Å². The Morgan fingerprint density at radius 2 is 1.75 bits per heavy atom. The topological polar surface area (TPSA) is 26.0 Å². The number of rotatable bonds is 4. The minimum absolute atomic E-state index is 0.118. The van der Waals surface area contributed by atoms with Gasteiger partial charge in [-0.05, 0) is 24.0 Å². The van der Waals surface area contributed by atoms with E-state index >= 15 is 0 Å². The molecule has 1 nitrogen and oxygen atoms in total. The summed E-state index contributed by atoms with van der Waals surface area (Å²) in [4.78, 5) is 0. The molecule has 2 N–H and O–H groups in total. The predicted molar refractivity (Wildman–Crippen MR) is 58.0 cm³/mol. The Kier molecular flexibility index (Phi) is 4.35. The van der Waals surface area contributed by atoms with Crippen LogP contribution >= 0.6 is 0 Å². The Morgan fingerprint density at radius 3 is 2.19 bits per heavy atom. The van der Waals surface area contributed by atoms with Crippen LogP contribution in [0.15, 0.2) is 24.3 Å². The van der Waals surface area contributed by atoms with E-state index in [4.69, 9.17) is 5.73 Å². The first-order valence-electron chi connectivity index (χ1n) is 5.36. The molecule has 1 atom stereocenters. The van der Waals surface area contributed by atoms with Gasteiger partial charge in [0.25, 0.3) is 0 Å². The lowest BCUT2D eigenvalue weighted by Gasteiger charge is -2.16. The first kappa shape index (κ1) is 13.0. The molecule has 0 aliphatic carbocycles. The lowest BCUT2D eigenvalue weighted by atomic mass is 10.0. The second kappa shape index (κ2) is 5.34. The minimum atomic E-state index is -4.37. The highest BCUT2D eigenvalue weighted by atomic mass is 19.4. The van der Waals surface area contributed by atoms with E-state index < -0.39 is 12.2 Å². The van der Waals surface area contributed by atoms with Crippen molar-refractivity contribution in [3.8, 4) is 0 Å². The van der Waals surface area contributed by atoms with Crippen molar-refractivity contribution >= 4 is 0 Å². The first-order valence-corrected chi connectivity index (χ1v) is 5.36. The Balaban J connectivity index is 2.71. The zero-order chi connectivity index (χ0) is 12.2. The van der Waals surface area contributed by atoms with E-state index in [0.29, 0.717) is 0 Å². The maximum absolute atomic E-state index is 12.3. The molecule has 0 heterocycles. The Hall–Kier alpha value is -1.03. The SMILES string of the molecule is CCCCc1ccc([C@@H](N)C(F)(F)F)cc1. The van der Waals surface area contributed by atoms with E-state index in [0.717, 1.165) is 24.8 Å². The quantitative estimate of drug-likeness (QED) is 0.841. The summed E-state index contributed by atoms with van der Waals surface area (Å²) in [6, 6.07) is 4.48. The fourth-order valence-corrected chi connectivity index (χ4v) is 1.46. The number of hydrogen-bond donors (Lipinski definition) is 1. The standard InChI is InChI=1S/C12H16F3N/c1-2-3-4-9-5-7-10(8-6-9)11(16)12(13,14)15/h5-8,11H,2-4,16H2,1H3/t11-/m1/s1. The van der Waals surface area contributed by atoms with Crippen LogP contribution < -0.4 is 5.73 Å². The monoisotopic (exact) mass is 231 g/mol. The molecular formula is C12H16F3N. The molecule has 90 valence electrons. The average molecular weight is 231 g/mol. The molecule has 0 aromatic heterocycles. The molecule has 0 aliphatic rings. The van der Waals surface area contributed by atoms with Gasteiger partial charge >= 0.3 is 6.18 Å². The maximum atomic E-state index is 12.3. The van der Waals surface area contributed by atoms with Crippen molar-refractivity contribution in [1.82, 2.24) is 0 Å². The molecule has 0 spiro atoms. The summed E-state index contributed by atoms with van der Waals surface area (Å²) in [5.74, 6) is 0. The van der Waals surface area contributed by atoms with Crippen LogP contribution in [-0.4, -0.2) is 6.18 Å². The summed E-state index contributed by atoms with van der Waals surface area (Å²) < 4.78 is 36.9. The van der Waals surface area contributed by atoms with Gasteiger partial charge in [0.2, 0.25) is 0 Å². The van der Waals surface area contributed by atoms with Crippen LogP contribution in [-0.2, 0) is 6.42 Å². The summed E-state index contributed by atoms with van der Waals surface area (Å²) in [6.45, 7) is 2.08. The largest absolute Gasteiger partial charge is 0.407 e. The van der Waals surface area contributed by atoms with Crippen LogP contribution in [0.1, 0.15) is 36.9 Å². The highest BCUT2D eigenvalue weighted by Gasteiger charge is 2.37. The van der Waals surface area contributed by atoms with Crippen molar-refractivity contribution in [2.75, 3.05) is 0 Å². The van der Waals surface area contributed by atoms with Gasteiger partial charge < -0.3 is 5.73 Å². The van der Waals surface area contributed by atoms with Gasteiger partial charge in [-0.2, -0.15) is 13.2 Å². The number of hydrogen-bond acceptors (Lipinski definition) is 1. The smallest absolute Gasteiger partial charge is 0.316 e. The zero-order valence-electron chi connectivity index (χ0n) is 9.22. The minimum Gasteiger partial charge on any atom is -0.316 e. The average Bonchev–Trinajstić information content (AvgIpc) is 2.25. The molecule has 1 aromatic carbocycles. The Labute approximate surface area is 93.5 Å². The highest BCUT2D eigenvalue weighted by Crippen LogP contribution is 2.30. The van der Waals surface area contributed by atoms with Gasteiger partial charge in [0.1, 0.15) is 6.04 Å². The summed E-state index contributed by atoms with van der Waals surface area (Å²) >= 11 is 0. The van der Waals surface area contributed by atoms with Crippen molar-refractivity contribution < 1.29 is 13.2 Å². The molecule has 0 saturated heterocycles. The fourth-order valence-electron chi connectivity index (χ4n) is 1.46. The van der Waals surface area contributed by atoms with E-state index in [2.05, 4.69) is 6.92 Å². The van der Waals surface area contributed by atoms with Crippen LogP contribution in [0.3, 0.4) is 0 Å². The van der Waals surface area contributed by atoms with Crippen molar-refractivity contribution in [1.29, 1.82) is 0 Å². The van der Waals surface area contributed by atoms with Crippen LogP contribution in [0.4, 0.5) is 13.2 Å². The number of nitrogens with two attached hydrogens (primary N) is 1. The van der Waals surface area contributed by atoms with Crippen LogP contribution in [0.2, 0.25) is 0 Å². The van der Waals surface area contributed by atoms with Gasteiger partial charge in [-0.15, -0.1) is 0 Å². The summed E-state index contributed by atoms with van der Waals surface area (Å²) in [5.41, 5.74) is 6.27.